The Bertz CT molecular complexity index is 1390. The molecule has 1 atom stereocenters. The van der Waals surface area contributed by atoms with E-state index in [0.717, 1.165) is 22.3 Å². The van der Waals surface area contributed by atoms with Crippen LogP contribution < -0.4 is 9.62 Å². The van der Waals surface area contributed by atoms with E-state index in [1.54, 1.807) is 11.0 Å². The third-order valence-electron chi connectivity index (χ3n) is 7.15. The van der Waals surface area contributed by atoms with Gasteiger partial charge in [0, 0.05) is 32.5 Å². The number of amides is 2. The van der Waals surface area contributed by atoms with Gasteiger partial charge >= 0.3 is 0 Å². The number of nitrogens with one attached hydrogen (secondary N) is 1. The minimum Gasteiger partial charge on any atom is -0.354 e. The van der Waals surface area contributed by atoms with E-state index in [1.807, 2.05) is 100 Å². The molecule has 8 heteroatoms. The fraction of sp³-hybridized carbons (Fsp3) is 0.394. The molecule has 0 fully saturated rings. The number of benzene rings is 3. The van der Waals surface area contributed by atoms with Crippen molar-refractivity contribution in [3.8, 4) is 0 Å². The Morgan fingerprint density at radius 3 is 2.05 bits per heavy atom. The third-order valence-corrected chi connectivity index (χ3v) is 8.33. The smallest absolute Gasteiger partial charge is 0.243 e. The van der Waals surface area contributed by atoms with Crippen LogP contribution in [0.2, 0.25) is 0 Å². The van der Waals surface area contributed by atoms with Crippen molar-refractivity contribution in [3.63, 3.8) is 0 Å². The Morgan fingerprint density at radius 2 is 1.46 bits per heavy atom. The highest BCUT2D eigenvalue weighted by Crippen LogP contribution is 2.26. The minimum absolute atomic E-state index is 0.104. The van der Waals surface area contributed by atoms with Crippen molar-refractivity contribution in [3.05, 3.63) is 101 Å². The Labute approximate surface area is 245 Å². The molecule has 0 aliphatic heterocycles. The Balaban J connectivity index is 1.87. The minimum atomic E-state index is -3.57. The van der Waals surface area contributed by atoms with E-state index < -0.39 is 16.1 Å². The lowest BCUT2D eigenvalue weighted by molar-refractivity contribution is -0.141. The van der Waals surface area contributed by atoms with Crippen LogP contribution in [-0.2, 0) is 32.6 Å². The molecule has 220 valence electrons. The Kier molecular flexibility index (Phi) is 11.5. The lowest BCUT2D eigenvalue weighted by atomic mass is 10.0. The highest BCUT2D eigenvalue weighted by atomic mass is 32.2. The van der Waals surface area contributed by atoms with Crippen LogP contribution in [0.5, 0.6) is 0 Å². The first kappa shape index (κ1) is 31.9. The van der Waals surface area contributed by atoms with E-state index in [9.17, 15) is 18.0 Å². The summed E-state index contributed by atoms with van der Waals surface area (Å²) in [5.41, 5.74) is 4.39. The summed E-state index contributed by atoms with van der Waals surface area (Å²) in [5, 5.41) is 3.03. The van der Waals surface area contributed by atoms with Gasteiger partial charge in [0.15, 0.2) is 0 Å². The highest BCUT2D eigenvalue weighted by molar-refractivity contribution is 7.92. The monoisotopic (exact) mass is 577 g/mol. The summed E-state index contributed by atoms with van der Waals surface area (Å²) in [6, 6.07) is 24.2. The van der Waals surface area contributed by atoms with Gasteiger partial charge in [-0.3, -0.25) is 13.9 Å². The topological polar surface area (TPSA) is 86.8 Å². The van der Waals surface area contributed by atoms with Gasteiger partial charge in [0.1, 0.15) is 6.04 Å². The van der Waals surface area contributed by atoms with Crippen LogP contribution in [0.25, 0.3) is 0 Å². The standard InChI is InChI=1S/C33H43N3O4S/c1-25(2)23-34-33(38)31(22-28-15-8-6-9-16-28)35(24-29-17-10-7-11-18-29)32(37)20-13-21-36(41(5,39)40)30-19-12-14-26(3)27(30)4/h6-12,14-19,25,31H,13,20-24H2,1-5H3,(H,34,38). The molecule has 3 rings (SSSR count). The van der Waals surface area contributed by atoms with Crippen LogP contribution in [0.1, 0.15) is 48.9 Å². The first-order chi connectivity index (χ1) is 19.5. The van der Waals surface area contributed by atoms with Crippen molar-refractivity contribution in [2.75, 3.05) is 23.7 Å². The first-order valence-electron chi connectivity index (χ1n) is 14.2. The van der Waals surface area contributed by atoms with Crippen molar-refractivity contribution in [2.45, 2.75) is 59.5 Å². The molecular weight excluding hydrogens is 534 g/mol. The molecule has 0 aliphatic rings. The molecule has 3 aromatic carbocycles. The van der Waals surface area contributed by atoms with E-state index in [0.29, 0.717) is 25.1 Å². The molecule has 1 N–H and O–H groups in total. The predicted octanol–water partition coefficient (Wildman–Crippen LogP) is 5.26. The first-order valence-corrected chi connectivity index (χ1v) is 16.0. The van der Waals surface area contributed by atoms with Crippen LogP contribution in [0, 0.1) is 19.8 Å². The molecule has 3 aromatic rings. The molecule has 7 nitrogen and oxygen atoms in total. The Hall–Kier alpha value is -3.65. The zero-order chi connectivity index (χ0) is 30.0. The van der Waals surface area contributed by atoms with Crippen molar-refractivity contribution in [1.82, 2.24) is 10.2 Å². The van der Waals surface area contributed by atoms with Gasteiger partial charge in [0.05, 0.1) is 11.9 Å². The number of nitrogens with zero attached hydrogens (tertiary/aromatic N) is 2. The fourth-order valence-corrected chi connectivity index (χ4v) is 5.76. The third kappa shape index (κ3) is 9.46. The number of carbonyl (C=O) groups excluding carboxylic acids is 2. The maximum absolute atomic E-state index is 13.9. The zero-order valence-corrected chi connectivity index (χ0v) is 25.7. The highest BCUT2D eigenvalue weighted by Gasteiger charge is 2.30. The van der Waals surface area contributed by atoms with Crippen LogP contribution in [0.4, 0.5) is 5.69 Å². The Morgan fingerprint density at radius 1 is 0.854 bits per heavy atom. The summed E-state index contributed by atoms with van der Waals surface area (Å²) >= 11 is 0. The fourth-order valence-electron chi connectivity index (χ4n) is 4.74. The molecule has 1 unspecified atom stereocenters. The second kappa shape index (κ2) is 14.8. The van der Waals surface area contributed by atoms with Gasteiger partial charge in [-0.1, -0.05) is 86.6 Å². The average Bonchev–Trinajstić information content (AvgIpc) is 2.94. The van der Waals surface area contributed by atoms with E-state index in [1.165, 1.54) is 10.6 Å². The molecule has 0 radical (unpaired) electrons. The number of anilines is 1. The second-order valence-corrected chi connectivity index (χ2v) is 12.9. The normalized spacial score (nSPS) is 12.1. The summed E-state index contributed by atoms with van der Waals surface area (Å²) in [7, 11) is -3.57. The maximum Gasteiger partial charge on any atom is 0.243 e. The number of hydrogen-bond donors (Lipinski definition) is 1. The van der Waals surface area contributed by atoms with Crippen molar-refractivity contribution >= 4 is 27.5 Å². The van der Waals surface area contributed by atoms with Gasteiger partial charge in [-0.2, -0.15) is 0 Å². The molecule has 0 aromatic heterocycles. The molecule has 0 heterocycles. The van der Waals surface area contributed by atoms with Crippen LogP contribution >= 0.6 is 0 Å². The lowest BCUT2D eigenvalue weighted by Crippen LogP contribution is -2.51. The van der Waals surface area contributed by atoms with Crippen LogP contribution in [-0.4, -0.2) is 50.5 Å². The van der Waals surface area contributed by atoms with Gasteiger partial charge in [0.25, 0.3) is 0 Å². The molecule has 0 saturated heterocycles. The number of rotatable bonds is 14. The summed E-state index contributed by atoms with van der Waals surface area (Å²) in [4.78, 5) is 29.1. The maximum atomic E-state index is 13.9. The molecule has 0 saturated carbocycles. The van der Waals surface area contributed by atoms with Crippen LogP contribution in [0.15, 0.2) is 78.9 Å². The number of hydrogen-bond acceptors (Lipinski definition) is 4. The summed E-state index contributed by atoms with van der Waals surface area (Å²) in [6.07, 6.45) is 1.98. The quantitative estimate of drug-likeness (QED) is 0.283. The molecule has 0 aliphatic carbocycles. The predicted molar refractivity (Wildman–Crippen MR) is 166 cm³/mol. The second-order valence-electron chi connectivity index (χ2n) is 11.0. The average molecular weight is 578 g/mol. The van der Waals surface area contributed by atoms with Crippen molar-refractivity contribution < 1.29 is 18.0 Å². The van der Waals surface area contributed by atoms with E-state index >= 15 is 0 Å². The number of sulfonamides is 1. The molecule has 0 spiro atoms. The SMILES string of the molecule is Cc1cccc(N(CCCC(=O)N(Cc2ccccc2)C(Cc2ccccc2)C(=O)NCC(C)C)S(C)(=O)=O)c1C. The van der Waals surface area contributed by atoms with Crippen LogP contribution in [0.3, 0.4) is 0 Å². The summed E-state index contributed by atoms with van der Waals surface area (Å²) in [6.45, 7) is 8.86. The van der Waals surface area contributed by atoms with Gasteiger partial charge in [0.2, 0.25) is 21.8 Å². The van der Waals surface area contributed by atoms with Gasteiger partial charge in [-0.25, -0.2) is 8.42 Å². The lowest BCUT2D eigenvalue weighted by Gasteiger charge is -2.32. The summed E-state index contributed by atoms with van der Waals surface area (Å²) in [5.74, 6) is -0.120. The number of aryl methyl sites for hydroxylation is 1. The molecule has 41 heavy (non-hydrogen) atoms. The van der Waals surface area contributed by atoms with E-state index in [-0.39, 0.29) is 37.2 Å². The van der Waals surface area contributed by atoms with Gasteiger partial charge in [-0.15, -0.1) is 0 Å². The molecule has 0 bridgehead atoms. The molecule has 2 amide bonds. The van der Waals surface area contributed by atoms with Crippen molar-refractivity contribution in [2.24, 2.45) is 5.92 Å². The number of carbonyl (C=O) groups is 2. The largest absolute Gasteiger partial charge is 0.354 e. The van der Waals surface area contributed by atoms with Gasteiger partial charge < -0.3 is 10.2 Å². The van der Waals surface area contributed by atoms with Crippen molar-refractivity contribution in [1.29, 1.82) is 0 Å². The molecular formula is C33H43N3O4S. The van der Waals surface area contributed by atoms with E-state index in [4.69, 9.17) is 0 Å². The van der Waals surface area contributed by atoms with Gasteiger partial charge in [-0.05, 0) is 54.5 Å². The summed E-state index contributed by atoms with van der Waals surface area (Å²) < 4.78 is 26.9. The van der Waals surface area contributed by atoms with E-state index in [2.05, 4.69) is 5.32 Å². The zero-order valence-electron chi connectivity index (χ0n) is 24.8.